The smallest absolute Gasteiger partial charge is 0.287 e. The zero-order valence-corrected chi connectivity index (χ0v) is 10.7. The third-order valence-electron chi connectivity index (χ3n) is 3.97. The molecule has 0 unspecified atom stereocenters. The van der Waals surface area contributed by atoms with Crippen molar-refractivity contribution in [1.29, 1.82) is 0 Å². The van der Waals surface area contributed by atoms with E-state index in [2.05, 4.69) is 9.88 Å². The normalized spacial score (nSPS) is 26.8. The summed E-state index contributed by atoms with van der Waals surface area (Å²) in [5, 5.41) is 10.6. The van der Waals surface area contributed by atoms with Gasteiger partial charge in [0, 0.05) is 12.6 Å². The van der Waals surface area contributed by atoms with Gasteiger partial charge in [-0.3, -0.25) is 10.1 Å². The molecule has 2 heterocycles. The third-order valence-corrected chi connectivity index (χ3v) is 3.97. The van der Waals surface area contributed by atoms with Crippen LogP contribution in [0.5, 0.6) is 0 Å². The molecule has 0 N–H and O–H groups in total. The second-order valence-electron chi connectivity index (χ2n) is 5.09. The van der Waals surface area contributed by atoms with E-state index in [0.717, 1.165) is 25.2 Å². The lowest BCUT2D eigenvalue weighted by Gasteiger charge is -2.44. The number of ether oxygens (including phenoxy) is 1. The van der Waals surface area contributed by atoms with E-state index >= 15 is 0 Å². The highest BCUT2D eigenvalue weighted by molar-refractivity contribution is 5.44. The van der Waals surface area contributed by atoms with Crippen LogP contribution in [0, 0.1) is 10.1 Å². The molecule has 6 nitrogen and oxygen atoms in total. The van der Waals surface area contributed by atoms with Gasteiger partial charge < -0.3 is 9.64 Å². The molecule has 1 aromatic heterocycles. The fourth-order valence-corrected chi connectivity index (χ4v) is 3.04. The minimum Gasteiger partial charge on any atom is -0.374 e. The SMILES string of the molecule is O=[N+]([O-])c1ccc(N2CCO[C@H]3CCCC[C@@H]32)nc1. The first-order valence-corrected chi connectivity index (χ1v) is 6.74. The standard InChI is InChI=1S/C13H17N3O3/c17-16(18)10-5-6-13(14-9-10)15-7-8-19-12-4-2-1-3-11(12)15/h5-6,9,11-12H,1-4,7-8H2/t11-,12-/m0/s1. The van der Waals surface area contributed by atoms with E-state index in [9.17, 15) is 10.1 Å². The number of fused-ring (bicyclic) bond motifs is 1. The molecule has 0 amide bonds. The first-order valence-electron chi connectivity index (χ1n) is 6.74. The minimum atomic E-state index is -0.417. The van der Waals surface area contributed by atoms with E-state index in [1.54, 1.807) is 6.07 Å². The lowest BCUT2D eigenvalue weighted by Crippen LogP contribution is -2.53. The summed E-state index contributed by atoms with van der Waals surface area (Å²) in [6, 6.07) is 3.64. The van der Waals surface area contributed by atoms with Gasteiger partial charge in [0.2, 0.25) is 0 Å². The molecule has 6 heteroatoms. The number of hydrogen-bond donors (Lipinski definition) is 0. The number of rotatable bonds is 2. The lowest BCUT2D eigenvalue weighted by atomic mass is 9.90. The zero-order valence-electron chi connectivity index (χ0n) is 10.7. The van der Waals surface area contributed by atoms with Crippen molar-refractivity contribution in [1.82, 2.24) is 4.98 Å². The summed E-state index contributed by atoms with van der Waals surface area (Å²) in [6.45, 7) is 1.52. The molecule has 2 aliphatic rings. The molecule has 19 heavy (non-hydrogen) atoms. The third kappa shape index (κ3) is 2.40. The van der Waals surface area contributed by atoms with Crippen molar-refractivity contribution in [2.75, 3.05) is 18.1 Å². The van der Waals surface area contributed by atoms with Crippen molar-refractivity contribution < 1.29 is 9.66 Å². The van der Waals surface area contributed by atoms with Crippen LogP contribution in [0.15, 0.2) is 18.3 Å². The van der Waals surface area contributed by atoms with Crippen molar-refractivity contribution in [3.8, 4) is 0 Å². The van der Waals surface area contributed by atoms with E-state index in [0.29, 0.717) is 18.8 Å². The number of aromatic nitrogens is 1. The summed E-state index contributed by atoms with van der Waals surface area (Å²) in [4.78, 5) is 16.7. The number of morpholine rings is 1. The molecule has 102 valence electrons. The highest BCUT2D eigenvalue weighted by Gasteiger charge is 2.34. The molecule has 0 spiro atoms. The Balaban J connectivity index is 1.81. The molecule has 0 radical (unpaired) electrons. The minimum absolute atomic E-state index is 0.0391. The van der Waals surface area contributed by atoms with Crippen molar-refractivity contribution in [3.05, 3.63) is 28.4 Å². The fraction of sp³-hybridized carbons (Fsp3) is 0.615. The Labute approximate surface area is 111 Å². The van der Waals surface area contributed by atoms with E-state index in [1.807, 2.05) is 0 Å². The van der Waals surface area contributed by atoms with Gasteiger partial charge in [0.25, 0.3) is 5.69 Å². The Kier molecular flexibility index (Phi) is 3.33. The molecule has 2 fully saturated rings. The average molecular weight is 263 g/mol. The molecule has 1 aliphatic carbocycles. The van der Waals surface area contributed by atoms with Crippen LogP contribution in [0.2, 0.25) is 0 Å². The van der Waals surface area contributed by atoms with Crippen LogP contribution >= 0.6 is 0 Å². The van der Waals surface area contributed by atoms with E-state index in [-0.39, 0.29) is 5.69 Å². The van der Waals surface area contributed by atoms with Gasteiger partial charge in [0.05, 0.1) is 23.7 Å². The van der Waals surface area contributed by atoms with Crippen LogP contribution in [0.4, 0.5) is 11.5 Å². The van der Waals surface area contributed by atoms with Crippen molar-refractivity contribution >= 4 is 11.5 Å². The predicted octanol–water partition coefficient (Wildman–Crippen LogP) is 2.14. The maximum absolute atomic E-state index is 10.6. The quantitative estimate of drug-likeness (QED) is 0.604. The van der Waals surface area contributed by atoms with Crippen molar-refractivity contribution in [2.24, 2.45) is 0 Å². The van der Waals surface area contributed by atoms with Gasteiger partial charge in [0.1, 0.15) is 12.0 Å². The molecule has 1 saturated heterocycles. The second-order valence-corrected chi connectivity index (χ2v) is 5.09. The summed E-state index contributed by atoms with van der Waals surface area (Å²) in [6.07, 6.45) is 6.29. The Morgan fingerprint density at radius 3 is 2.95 bits per heavy atom. The summed E-state index contributed by atoms with van der Waals surface area (Å²) in [7, 11) is 0. The van der Waals surface area contributed by atoms with Gasteiger partial charge in [-0.25, -0.2) is 4.98 Å². The molecular weight excluding hydrogens is 246 g/mol. The fourth-order valence-electron chi connectivity index (χ4n) is 3.04. The van der Waals surface area contributed by atoms with E-state index in [4.69, 9.17) is 4.74 Å². The van der Waals surface area contributed by atoms with Crippen LogP contribution in [0.25, 0.3) is 0 Å². The lowest BCUT2D eigenvalue weighted by molar-refractivity contribution is -0.385. The highest BCUT2D eigenvalue weighted by Crippen LogP contribution is 2.31. The number of anilines is 1. The van der Waals surface area contributed by atoms with Crippen LogP contribution in [-0.2, 0) is 4.74 Å². The Morgan fingerprint density at radius 2 is 2.21 bits per heavy atom. The maximum atomic E-state index is 10.6. The van der Waals surface area contributed by atoms with E-state index < -0.39 is 4.92 Å². The number of pyridine rings is 1. The molecular formula is C13H17N3O3. The summed E-state index contributed by atoms with van der Waals surface area (Å²) >= 11 is 0. The monoisotopic (exact) mass is 263 g/mol. The van der Waals surface area contributed by atoms with Crippen LogP contribution < -0.4 is 4.90 Å². The zero-order chi connectivity index (χ0) is 13.2. The van der Waals surface area contributed by atoms with Crippen molar-refractivity contribution in [3.63, 3.8) is 0 Å². The summed E-state index contributed by atoms with van der Waals surface area (Å²) in [5.41, 5.74) is 0.0391. The Bertz CT molecular complexity index is 461. The topological polar surface area (TPSA) is 68.5 Å². The van der Waals surface area contributed by atoms with Crippen LogP contribution in [0.3, 0.4) is 0 Å². The summed E-state index contributed by atoms with van der Waals surface area (Å²) < 4.78 is 5.82. The highest BCUT2D eigenvalue weighted by atomic mass is 16.6. The van der Waals surface area contributed by atoms with Crippen LogP contribution in [0.1, 0.15) is 25.7 Å². The first-order chi connectivity index (χ1) is 9.25. The number of nitrogens with zero attached hydrogens (tertiary/aromatic N) is 3. The van der Waals surface area contributed by atoms with Gasteiger partial charge in [-0.2, -0.15) is 0 Å². The number of nitro groups is 1. The summed E-state index contributed by atoms with van der Waals surface area (Å²) in [5.74, 6) is 0.825. The molecule has 0 aromatic carbocycles. The average Bonchev–Trinajstić information content (AvgIpc) is 2.47. The number of hydrogen-bond acceptors (Lipinski definition) is 5. The molecule has 1 aliphatic heterocycles. The largest absolute Gasteiger partial charge is 0.374 e. The van der Waals surface area contributed by atoms with Gasteiger partial charge in [-0.15, -0.1) is 0 Å². The van der Waals surface area contributed by atoms with Crippen LogP contribution in [-0.4, -0.2) is 35.2 Å². The van der Waals surface area contributed by atoms with Gasteiger partial charge in [-0.05, 0) is 18.9 Å². The predicted molar refractivity (Wildman–Crippen MR) is 70.2 cm³/mol. The van der Waals surface area contributed by atoms with Gasteiger partial charge in [0.15, 0.2) is 0 Å². The molecule has 1 saturated carbocycles. The molecule has 2 atom stereocenters. The van der Waals surface area contributed by atoms with Gasteiger partial charge in [-0.1, -0.05) is 12.8 Å². The second kappa shape index (κ2) is 5.13. The molecule has 3 rings (SSSR count). The van der Waals surface area contributed by atoms with Crippen molar-refractivity contribution in [2.45, 2.75) is 37.8 Å². The molecule has 1 aromatic rings. The molecule has 0 bridgehead atoms. The van der Waals surface area contributed by atoms with Gasteiger partial charge >= 0.3 is 0 Å². The maximum Gasteiger partial charge on any atom is 0.287 e. The Hall–Kier alpha value is -1.69. The van der Waals surface area contributed by atoms with E-state index in [1.165, 1.54) is 25.1 Å². The first kappa shape index (κ1) is 12.3. The Morgan fingerprint density at radius 1 is 1.37 bits per heavy atom.